The Morgan fingerprint density at radius 1 is 1.00 bits per heavy atom. The Kier molecular flexibility index (Phi) is 9.09. The maximum atomic E-state index is 12.5. The van der Waals surface area contributed by atoms with Gasteiger partial charge in [0.15, 0.2) is 17.6 Å². The van der Waals surface area contributed by atoms with Crippen LogP contribution in [0.4, 0.5) is 0 Å². The third kappa shape index (κ3) is 7.48. The number of amides is 1. The summed E-state index contributed by atoms with van der Waals surface area (Å²) >= 11 is 5.84. The molecule has 0 aliphatic carbocycles. The van der Waals surface area contributed by atoms with E-state index in [1.807, 2.05) is 6.92 Å². The Bertz CT molecular complexity index is 1180. The van der Waals surface area contributed by atoms with Gasteiger partial charge in [-0.2, -0.15) is 5.10 Å². The molecule has 0 heterocycles. The number of nitrogens with zero attached hydrogens (tertiary/aromatic N) is 1. The predicted octanol–water partition coefficient (Wildman–Crippen LogP) is 4.88. The second kappa shape index (κ2) is 12.4. The molecule has 0 radical (unpaired) electrons. The zero-order valence-electron chi connectivity index (χ0n) is 19.5. The second-order valence-corrected chi connectivity index (χ2v) is 7.64. The Morgan fingerprint density at radius 3 is 2.34 bits per heavy atom. The Hall–Kier alpha value is -4.04. The molecule has 3 aromatic rings. The van der Waals surface area contributed by atoms with E-state index in [-0.39, 0.29) is 5.75 Å². The Balaban J connectivity index is 1.58. The highest BCUT2D eigenvalue weighted by molar-refractivity contribution is 6.30. The van der Waals surface area contributed by atoms with Crippen molar-refractivity contribution in [3.8, 4) is 23.0 Å². The molecule has 0 fully saturated rings. The van der Waals surface area contributed by atoms with Crippen LogP contribution in [0.1, 0.15) is 29.8 Å². The van der Waals surface area contributed by atoms with Gasteiger partial charge < -0.3 is 18.9 Å². The summed E-state index contributed by atoms with van der Waals surface area (Å²) in [5.41, 5.74) is 3.42. The number of methoxy groups -OCH3 is 1. The average molecular weight is 497 g/mol. The smallest absolute Gasteiger partial charge is 0.343 e. The van der Waals surface area contributed by atoms with E-state index in [4.69, 9.17) is 30.5 Å². The van der Waals surface area contributed by atoms with Crippen molar-refractivity contribution in [1.82, 2.24) is 5.43 Å². The van der Waals surface area contributed by atoms with Crippen molar-refractivity contribution in [2.45, 2.75) is 20.0 Å². The lowest BCUT2D eigenvalue weighted by molar-refractivity contribution is -0.127. The molecule has 0 aliphatic heterocycles. The van der Waals surface area contributed by atoms with E-state index in [2.05, 4.69) is 10.5 Å². The molecule has 0 unspecified atom stereocenters. The molecule has 182 valence electrons. The van der Waals surface area contributed by atoms with Gasteiger partial charge in [-0.15, -0.1) is 0 Å². The number of halogens is 1. The van der Waals surface area contributed by atoms with Crippen molar-refractivity contribution in [2.24, 2.45) is 5.10 Å². The van der Waals surface area contributed by atoms with Gasteiger partial charge in [0, 0.05) is 5.02 Å². The lowest BCUT2D eigenvalue weighted by Gasteiger charge is -2.13. The summed E-state index contributed by atoms with van der Waals surface area (Å²) in [4.78, 5) is 24.7. The molecule has 9 heteroatoms. The molecule has 1 amide bonds. The number of hydrogen-bond donors (Lipinski definition) is 1. The predicted molar refractivity (Wildman–Crippen MR) is 133 cm³/mol. The number of rotatable bonds is 10. The molecule has 0 aromatic heterocycles. The minimum atomic E-state index is -0.771. The average Bonchev–Trinajstić information content (AvgIpc) is 2.86. The topological polar surface area (TPSA) is 95.5 Å². The highest BCUT2D eigenvalue weighted by atomic mass is 35.5. The van der Waals surface area contributed by atoms with E-state index >= 15 is 0 Å². The van der Waals surface area contributed by atoms with Crippen LogP contribution in [0.15, 0.2) is 71.8 Å². The number of carbonyl (C=O) groups excluding carboxylic acids is 2. The molecule has 8 nitrogen and oxygen atoms in total. The third-order valence-corrected chi connectivity index (χ3v) is 4.93. The first kappa shape index (κ1) is 25.6. The second-order valence-electron chi connectivity index (χ2n) is 7.21. The van der Waals surface area contributed by atoms with Crippen LogP contribution in [0, 0.1) is 0 Å². The molecule has 0 aliphatic rings. The highest BCUT2D eigenvalue weighted by Gasteiger charge is 2.15. The lowest BCUT2D eigenvalue weighted by atomic mass is 10.2. The maximum Gasteiger partial charge on any atom is 0.343 e. The van der Waals surface area contributed by atoms with Crippen LogP contribution in [0.3, 0.4) is 0 Å². The van der Waals surface area contributed by atoms with Crippen LogP contribution in [0.2, 0.25) is 5.02 Å². The van der Waals surface area contributed by atoms with Gasteiger partial charge in [0.05, 0.1) is 25.5 Å². The van der Waals surface area contributed by atoms with Gasteiger partial charge >= 0.3 is 5.97 Å². The van der Waals surface area contributed by atoms with Gasteiger partial charge in [-0.3, -0.25) is 4.79 Å². The highest BCUT2D eigenvalue weighted by Crippen LogP contribution is 2.28. The molecule has 3 aromatic carbocycles. The van der Waals surface area contributed by atoms with Crippen LogP contribution in [0.25, 0.3) is 0 Å². The van der Waals surface area contributed by atoms with Crippen LogP contribution in [0.5, 0.6) is 23.0 Å². The maximum absolute atomic E-state index is 12.5. The number of hydrogen-bond acceptors (Lipinski definition) is 7. The molecule has 3 rings (SSSR count). The monoisotopic (exact) mass is 496 g/mol. The van der Waals surface area contributed by atoms with Crippen molar-refractivity contribution in [1.29, 1.82) is 0 Å². The van der Waals surface area contributed by atoms with Crippen LogP contribution in [-0.4, -0.2) is 37.9 Å². The first-order valence-electron chi connectivity index (χ1n) is 10.8. The van der Waals surface area contributed by atoms with Crippen molar-refractivity contribution < 1.29 is 28.5 Å². The molecule has 1 N–H and O–H groups in total. The van der Waals surface area contributed by atoms with E-state index in [0.29, 0.717) is 40.0 Å². The summed E-state index contributed by atoms with van der Waals surface area (Å²) in [6, 6.07) is 18.2. The van der Waals surface area contributed by atoms with Gasteiger partial charge in [0.1, 0.15) is 11.5 Å². The number of benzene rings is 3. The minimum absolute atomic E-state index is 0.248. The molecular weight excluding hydrogens is 472 g/mol. The van der Waals surface area contributed by atoms with Gasteiger partial charge in [0.25, 0.3) is 5.91 Å². The third-order valence-electron chi connectivity index (χ3n) is 4.68. The quantitative estimate of drug-likeness (QED) is 0.186. The van der Waals surface area contributed by atoms with Crippen molar-refractivity contribution in [3.05, 3.63) is 82.9 Å². The minimum Gasteiger partial charge on any atom is -0.494 e. The summed E-state index contributed by atoms with van der Waals surface area (Å²) in [6.45, 7) is 4.03. The number of esters is 1. The van der Waals surface area contributed by atoms with E-state index < -0.39 is 18.0 Å². The van der Waals surface area contributed by atoms with Crippen molar-refractivity contribution in [3.63, 3.8) is 0 Å². The van der Waals surface area contributed by atoms with E-state index in [1.54, 1.807) is 73.7 Å². The van der Waals surface area contributed by atoms with Gasteiger partial charge in [-0.1, -0.05) is 11.6 Å². The molecular formula is C26H25ClN2O6. The van der Waals surface area contributed by atoms with Gasteiger partial charge in [-0.25, -0.2) is 10.2 Å². The number of carbonyl (C=O) groups is 2. The normalized spacial score (nSPS) is 11.5. The zero-order valence-corrected chi connectivity index (χ0v) is 20.2. The van der Waals surface area contributed by atoms with Gasteiger partial charge in [0.2, 0.25) is 0 Å². The molecule has 1 atom stereocenters. The summed E-state index contributed by atoms with van der Waals surface area (Å²) in [6.07, 6.45) is 0.667. The first-order chi connectivity index (χ1) is 16.9. The fraction of sp³-hybridized carbons (Fsp3) is 0.192. The zero-order chi connectivity index (χ0) is 25.2. The first-order valence-corrected chi connectivity index (χ1v) is 11.2. The largest absolute Gasteiger partial charge is 0.494 e. The fourth-order valence-corrected chi connectivity index (χ4v) is 3.02. The van der Waals surface area contributed by atoms with E-state index in [0.717, 1.165) is 0 Å². The SMILES string of the molecule is CCOc1ccc(C(=O)Oc2ccc(/C=N\NC(=O)[C@@H](C)Oc3ccc(Cl)cc3)cc2OC)cc1. The Labute approximate surface area is 208 Å². The molecule has 0 spiro atoms. The van der Waals surface area contributed by atoms with E-state index in [1.165, 1.54) is 13.3 Å². The lowest BCUT2D eigenvalue weighted by Crippen LogP contribution is -2.33. The summed E-state index contributed by atoms with van der Waals surface area (Å²) in [5, 5.41) is 4.53. The molecule has 35 heavy (non-hydrogen) atoms. The molecule has 0 saturated carbocycles. The summed E-state index contributed by atoms with van der Waals surface area (Å²) in [7, 11) is 1.46. The van der Waals surface area contributed by atoms with Crippen LogP contribution >= 0.6 is 11.6 Å². The van der Waals surface area contributed by atoms with Crippen LogP contribution < -0.4 is 24.4 Å². The van der Waals surface area contributed by atoms with Crippen LogP contribution in [-0.2, 0) is 4.79 Å². The van der Waals surface area contributed by atoms with E-state index in [9.17, 15) is 9.59 Å². The molecule has 0 saturated heterocycles. The van der Waals surface area contributed by atoms with Crippen molar-refractivity contribution >= 4 is 29.7 Å². The Morgan fingerprint density at radius 2 is 1.69 bits per heavy atom. The summed E-state index contributed by atoms with van der Waals surface area (Å²) < 4.78 is 21.7. The van der Waals surface area contributed by atoms with Crippen molar-refractivity contribution in [2.75, 3.05) is 13.7 Å². The standard InChI is InChI=1S/C26H25ClN2O6/c1-4-33-21-10-6-19(7-11-21)26(31)35-23-14-5-18(15-24(23)32-3)16-28-29-25(30)17(2)34-22-12-8-20(27)9-13-22/h5-17H,4H2,1-3H3,(H,29,30)/b28-16-/t17-/m1/s1. The number of ether oxygens (including phenoxy) is 4. The number of hydrazone groups is 1. The summed E-state index contributed by atoms with van der Waals surface area (Å²) in [5.74, 6) is 0.805. The fourth-order valence-electron chi connectivity index (χ4n) is 2.89. The number of nitrogens with one attached hydrogen (secondary N) is 1. The molecule has 0 bridgehead atoms. The van der Waals surface area contributed by atoms with Gasteiger partial charge in [-0.05, 0) is 86.1 Å².